The normalized spacial score (nSPS) is 11.2. The Bertz CT molecular complexity index is 816. The van der Waals surface area contributed by atoms with Gasteiger partial charge in [-0.15, -0.1) is 0 Å². The van der Waals surface area contributed by atoms with E-state index in [-0.39, 0.29) is 10.9 Å². The number of nitrogens with zero attached hydrogens (tertiary/aromatic N) is 1. The molecule has 2 amide bonds. The Kier molecular flexibility index (Phi) is 6.17. The summed E-state index contributed by atoms with van der Waals surface area (Å²) in [7, 11) is -3.74. The van der Waals surface area contributed by atoms with Gasteiger partial charge in [-0.3, -0.25) is 0 Å². The van der Waals surface area contributed by atoms with Crippen molar-refractivity contribution in [3.63, 3.8) is 0 Å². The van der Waals surface area contributed by atoms with E-state index >= 15 is 0 Å². The molecule has 0 saturated heterocycles. The summed E-state index contributed by atoms with van der Waals surface area (Å²) >= 11 is 0. The van der Waals surface area contributed by atoms with E-state index in [4.69, 9.17) is 5.14 Å². The minimum atomic E-state index is -3.74. The predicted octanol–water partition coefficient (Wildman–Crippen LogP) is 3.09. The smallest absolute Gasteiger partial charge is 0.320 e. The highest BCUT2D eigenvalue weighted by Crippen LogP contribution is 2.14. The molecule has 0 atom stereocenters. The van der Waals surface area contributed by atoms with E-state index in [1.54, 1.807) is 4.90 Å². The van der Waals surface area contributed by atoms with Gasteiger partial charge < -0.3 is 10.2 Å². The van der Waals surface area contributed by atoms with Crippen LogP contribution in [0.4, 0.5) is 10.5 Å². The largest absolute Gasteiger partial charge is 0.322 e. The van der Waals surface area contributed by atoms with Gasteiger partial charge >= 0.3 is 6.03 Å². The van der Waals surface area contributed by atoms with Gasteiger partial charge in [-0.25, -0.2) is 18.4 Å². The molecule has 0 aliphatic carbocycles. The van der Waals surface area contributed by atoms with Crippen LogP contribution in [0.2, 0.25) is 0 Å². The maximum atomic E-state index is 12.5. The molecule has 0 fully saturated rings. The van der Waals surface area contributed by atoms with E-state index in [2.05, 4.69) is 5.32 Å². The fourth-order valence-corrected chi connectivity index (χ4v) is 2.88. The van der Waals surface area contributed by atoms with Crippen molar-refractivity contribution in [2.24, 2.45) is 5.14 Å². The first-order valence-corrected chi connectivity index (χ1v) is 9.58. The minimum absolute atomic E-state index is 0.00979. The molecule has 0 heterocycles. The lowest BCUT2D eigenvalue weighted by Gasteiger charge is -2.23. The molecule has 0 aliphatic heterocycles. The van der Waals surface area contributed by atoms with E-state index in [9.17, 15) is 13.2 Å². The number of hydrogen-bond acceptors (Lipinski definition) is 3. The van der Waals surface area contributed by atoms with Gasteiger partial charge in [-0.1, -0.05) is 36.8 Å². The third kappa shape index (κ3) is 5.58. The second kappa shape index (κ2) is 8.13. The number of anilines is 1. The summed E-state index contributed by atoms with van der Waals surface area (Å²) in [5.41, 5.74) is 2.74. The number of benzene rings is 2. The standard InChI is InChI=1S/C18H23N3O3S/c1-3-12-21(13-15-6-4-14(2)5-7-15)18(22)20-16-8-10-17(11-9-16)25(19,23)24/h4-11H,3,12-13H2,1-2H3,(H,20,22)(H2,19,23,24). The van der Waals surface area contributed by atoms with Crippen LogP contribution < -0.4 is 10.5 Å². The van der Waals surface area contributed by atoms with Gasteiger partial charge in [0.25, 0.3) is 0 Å². The molecular weight excluding hydrogens is 338 g/mol. The highest BCUT2D eigenvalue weighted by atomic mass is 32.2. The lowest BCUT2D eigenvalue weighted by Crippen LogP contribution is -2.35. The molecule has 2 aromatic carbocycles. The number of primary sulfonamides is 1. The molecule has 0 radical (unpaired) electrons. The molecule has 0 saturated carbocycles. The summed E-state index contributed by atoms with van der Waals surface area (Å²) in [6.07, 6.45) is 0.837. The van der Waals surface area contributed by atoms with Gasteiger partial charge in [-0.2, -0.15) is 0 Å². The van der Waals surface area contributed by atoms with Crippen LogP contribution in [-0.4, -0.2) is 25.9 Å². The Morgan fingerprint density at radius 3 is 2.20 bits per heavy atom. The first-order valence-electron chi connectivity index (χ1n) is 8.04. The van der Waals surface area contributed by atoms with Crippen LogP contribution in [0, 0.1) is 6.92 Å². The lowest BCUT2D eigenvalue weighted by molar-refractivity contribution is 0.209. The summed E-state index contributed by atoms with van der Waals surface area (Å²) in [5.74, 6) is 0. The van der Waals surface area contributed by atoms with Crippen LogP contribution in [0.3, 0.4) is 0 Å². The molecule has 3 N–H and O–H groups in total. The first kappa shape index (κ1) is 19.0. The second-order valence-corrected chi connectivity index (χ2v) is 7.47. The molecule has 0 bridgehead atoms. The highest BCUT2D eigenvalue weighted by Gasteiger charge is 2.14. The molecule has 2 rings (SSSR count). The van der Waals surface area contributed by atoms with Crippen molar-refractivity contribution in [1.82, 2.24) is 4.90 Å². The van der Waals surface area contributed by atoms with Crippen molar-refractivity contribution in [3.05, 3.63) is 59.7 Å². The molecule has 25 heavy (non-hydrogen) atoms. The molecule has 0 aromatic heterocycles. The monoisotopic (exact) mass is 361 g/mol. The number of sulfonamides is 1. The van der Waals surface area contributed by atoms with E-state index in [1.165, 1.54) is 29.8 Å². The maximum Gasteiger partial charge on any atom is 0.322 e. The summed E-state index contributed by atoms with van der Waals surface area (Å²) in [6.45, 7) is 5.16. The summed E-state index contributed by atoms with van der Waals surface area (Å²) in [4.78, 5) is 14.3. The number of carbonyl (C=O) groups is 1. The van der Waals surface area contributed by atoms with Crippen molar-refractivity contribution in [2.75, 3.05) is 11.9 Å². The van der Waals surface area contributed by atoms with Gasteiger partial charge in [0, 0.05) is 18.8 Å². The molecule has 0 unspecified atom stereocenters. The van der Waals surface area contributed by atoms with Gasteiger partial charge in [0.2, 0.25) is 10.0 Å². The van der Waals surface area contributed by atoms with Crippen LogP contribution in [0.1, 0.15) is 24.5 Å². The average Bonchev–Trinajstić information content (AvgIpc) is 2.56. The molecule has 2 aromatic rings. The van der Waals surface area contributed by atoms with E-state index in [1.807, 2.05) is 38.1 Å². The van der Waals surface area contributed by atoms with E-state index < -0.39 is 10.0 Å². The highest BCUT2D eigenvalue weighted by molar-refractivity contribution is 7.89. The number of aryl methyl sites for hydroxylation is 1. The average molecular weight is 361 g/mol. The van der Waals surface area contributed by atoms with Crippen molar-refractivity contribution in [1.29, 1.82) is 0 Å². The first-order chi connectivity index (χ1) is 11.8. The fraction of sp³-hybridized carbons (Fsp3) is 0.278. The molecular formula is C18H23N3O3S. The summed E-state index contributed by atoms with van der Waals surface area (Å²) in [5, 5.41) is 7.86. The lowest BCUT2D eigenvalue weighted by atomic mass is 10.1. The number of amides is 2. The SMILES string of the molecule is CCCN(Cc1ccc(C)cc1)C(=O)Nc1ccc(S(N)(=O)=O)cc1. The van der Waals surface area contributed by atoms with E-state index in [0.29, 0.717) is 18.8 Å². The van der Waals surface area contributed by atoms with Gasteiger partial charge in [-0.05, 0) is 43.2 Å². The van der Waals surface area contributed by atoms with Crippen LogP contribution in [0.25, 0.3) is 0 Å². The topological polar surface area (TPSA) is 92.5 Å². The van der Waals surface area contributed by atoms with Crippen molar-refractivity contribution in [2.45, 2.75) is 31.7 Å². The molecule has 6 nitrogen and oxygen atoms in total. The Hall–Kier alpha value is -2.38. The Morgan fingerprint density at radius 2 is 1.68 bits per heavy atom. The van der Waals surface area contributed by atoms with Crippen molar-refractivity contribution < 1.29 is 13.2 Å². The van der Waals surface area contributed by atoms with Gasteiger partial charge in [0.15, 0.2) is 0 Å². The summed E-state index contributed by atoms with van der Waals surface area (Å²) in [6, 6.07) is 13.6. The van der Waals surface area contributed by atoms with Crippen LogP contribution in [0.5, 0.6) is 0 Å². The zero-order valence-corrected chi connectivity index (χ0v) is 15.2. The maximum absolute atomic E-state index is 12.5. The number of hydrogen-bond donors (Lipinski definition) is 2. The fourth-order valence-electron chi connectivity index (χ4n) is 2.37. The third-order valence-corrected chi connectivity index (χ3v) is 4.64. The number of nitrogens with two attached hydrogens (primary N) is 1. The van der Waals surface area contributed by atoms with Gasteiger partial charge in [0.05, 0.1) is 4.90 Å². The zero-order valence-electron chi connectivity index (χ0n) is 14.4. The number of carbonyl (C=O) groups excluding carboxylic acids is 1. The van der Waals surface area contributed by atoms with Crippen molar-refractivity contribution >= 4 is 21.7 Å². The Balaban J connectivity index is 2.08. The number of urea groups is 1. The van der Waals surface area contributed by atoms with Crippen molar-refractivity contribution in [3.8, 4) is 0 Å². The molecule has 0 aliphatic rings. The number of nitrogens with one attached hydrogen (secondary N) is 1. The Morgan fingerprint density at radius 1 is 1.08 bits per heavy atom. The second-order valence-electron chi connectivity index (χ2n) is 5.91. The third-order valence-electron chi connectivity index (χ3n) is 3.71. The quantitative estimate of drug-likeness (QED) is 0.828. The number of rotatable bonds is 6. The van der Waals surface area contributed by atoms with Gasteiger partial charge in [0.1, 0.15) is 0 Å². The van der Waals surface area contributed by atoms with Crippen LogP contribution >= 0.6 is 0 Å². The zero-order chi connectivity index (χ0) is 18.4. The molecule has 134 valence electrons. The van der Waals surface area contributed by atoms with E-state index in [0.717, 1.165) is 12.0 Å². The minimum Gasteiger partial charge on any atom is -0.320 e. The predicted molar refractivity (Wildman–Crippen MR) is 98.7 cm³/mol. The summed E-state index contributed by atoms with van der Waals surface area (Å²) < 4.78 is 22.5. The molecule has 0 spiro atoms. The van der Waals surface area contributed by atoms with Crippen LogP contribution in [-0.2, 0) is 16.6 Å². The Labute approximate surface area is 148 Å². The molecule has 7 heteroatoms. The van der Waals surface area contributed by atoms with Crippen LogP contribution in [0.15, 0.2) is 53.4 Å².